The van der Waals surface area contributed by atoms with Crippen molar-refractivity contribution >= 4 is 16.9 Å². The van der Waals surface area contributed by atoms with Gasteiger partial charge < -0.3 is 10.7 Å². The molecular formula is C19H24N4O. The molecule has 2 heterocycles. The molecule has 0 aliphatic carbocycles. The highest BCUT2D eigenvalue weighted by Gasteiger charge is 2.17. The summed E-state index contributed by atoms with van der Waals surface area (Å²) in [6, 6.07) is 11.9. The molecule has 0 bridgehead atoms. The van der Waals surface area contributed by atoms with Crippen molar-refractivity contribution in [3.05, 3.63) is 58.1 Å². The molecule has 3 rings (SSSR count). The average Bonchev–Trinajstić information content (AvgIpc) is 2.92. The van der Waals surface area contributed by atoms with Crippen LogP contribution in [0, 0.1) is 0 Å². The topological polar surface area (TPSA) is 76.7 Å². The second kappa shape index (κ2) is 6.91. The Morgan fingerprint density at radius 2 is 2.00 bits per heavy atom. The van der Waals surface area contributed by atoms with Gasteiger partial charge in [-0.2, -0.15) is 0 Å². The second-order valence-corrected chi connectivity index (χ2v) is 6.24. The smallest absolute Gasteiger partial charge is 0.327 e. The first-order valence-electron chi connectivity index (χ1n) is 8.56. The maximum Gasteiger partial charge on any atom is 0.327 e. The van der Waals surface area contributed by atoms with Crippen LogP contribution < -0.4 is 11.4 Å². The zero-order valence-electron chi connectivity index (χ0n) is 14.2. The van der Waals surface area contributed by atoms with Gasteiger partial charge in [0.1, 0.15) is 11.3 Å². The van der Waals surface area contributed by atoms with Gasteiger partial charge in [0.2, 0.25) is 0 Å². The molecule has 0 saturated heterocycles. The Morgan fingerprint density at radius 3 is 2.71 bits per heavy atom. The van der Waals surface area contributed by atoms with Crippen LogP contribution >= 0.6 is 0 Å². The van der Waals surface area contributed by atoms with Crippen LogP contribution in [0.2, 0.25) is 0 Å². The van der Waals surface area contributed by atoms with Crippen LogP contribution in [-0.4, -0.2) is 14.5 Å². The first-order valence-corrected chi connectivity index (χ1v) is 8.56. The molecule has 0 spiro atoms. The molecule has 0 radical (unpaired) electrons. The number of nitrogens with two attached hydrogens (primary N) is 1. The molecule has 126 valence electrons. The molecule has 0 fully saturated rings. The molecule has 1 atom stereocenters. The van der Waals surface area contributed by atoms with Gasteiger partial charge in [0, 0.05) is 5.69 Å². The van der Waals surface area contributed by atoms with Gasteiger partial charge >= 0.3 is 5.69 Å². The van der Waals surface area contributed by atoms with E-state index in [4.69, 9.17) is 5.73 Å². The molecule has 3 N–H and O–H groups in total. The molecule has 0 amide bonds. The first kappa shape index (κ1) is 16.3. The number of nitrogens with zero attached hydrogens (tertiary/aromatic N) is 2. The van der Waals surface area contributed by atoms with Gasteiger partial charge in [-0.1, -0.05) is 50.1 Å². The fraction of sp³-hybridized carbons (Fsp3) is 0.368. The highest BCUT2D eigenvalue weighted by atomic mass is 16.1. The van der Waals surface area contributed by atoms with E-state index in [0.29, 0.717) is 11.3 Å². The summed E-state index contributed by atoms with van der Waals surface area (Å²) in [6.45, 7) is 4.20. The molecule has 2 aromatic heterocycles. The van der Waals surface area contributed by atoms with E-state index in [1.165, 1.54) is 6.42 Å². The Kier molecular flexibility index (Phi) is 4.69. The van der Waals surface area contributed by atoms with Crippen LogP contribution in [0.3, 0.4) is 0 Å². The number of unbranched alkanes of at least 4 members (excludes halogenated alkanes) is 2. The van der Waals surface area contributed by atoms with E-state index < -0.39 is 0 Å². The Morgan fingerprint density at radius 1 is 1.25 bits per heavy atom. The normalized spacial score (nSPS) is 12.6. The molecule has 5 nitrogen and oxygen atoms in total. The van der Waals surface area contributed by atoms with Gasteiger partial charge in [-0.3, -0.25) is 4.57 Å². The van der Waals surface area contributed by atoms with Crippen molar-refractivity contribution in [1.29, 1.82) is 0 Å². The average molecular weight is 324 g/mol. The summed E-state index contributed by atoms with van der Waals surface area (Å²) in [6.07, 6.45) is 4.29. The summed E-state index contributed by atoms with van der Waals surface area (Å²) in [5.41, 5.74) is 9.42. The standard InChI is InChI=1S/C19H24N4O/c1-3-4-6-11-15-12-16-17(18(20)21-15)22-19(24)23(16)13(2)14-9-7-5-8-10-14/h5,7-10,12-13H,3-4,6,11H2,1-2H3,(H2,20,21)(H,22,24)/t13-/m0/s1. The fourth-order valence-corrected chi connectivity index (χ4v) is 3.15. The second-order valence-electron chi connectivity index (χ2n) is 6.24. The number of fused-ring (bicyclic) bond motifs is 1. The summed E-state index contributed by atoms with van der Waals surface area (Å²) in [5, 5.41) is 0. The van der Waals surface area contributed by atoms with Gasteiger partial charge in [0.15, 0.2) is 0 Å². The highest BCUT2D eigenvalue weighted by Crippen LogP contribution is 2.24. The number of benzene rings is 1. The van der Waals surface area contributed by atoms with Crippen LogP contribution in [-0.2, 0) is 6.42 Å². The van der Waals surface area contributed by atoms with Crippen molar-refractivity contribution in [1.82, 2.24) is 14.5 Å². The van der Waals surface area contributed by atoms with E-state index in [-0.39, 0.29) is 11.7 Å². The van der Waals surface area contributed by atoms with Gasteiger partial charge in [-0.15, -0.1) is 0 Å². The van der Waals surface area contributed by atoms with Crippen molar-refractivity contribution in [2.45, 2.75) is 45.6 Å². The predicted molar refractivity (Wildman–Crippen MR) is 98.3 cm³/mol. The predicted octanol–water partition coefficient (Wildman–Crippen LogP) is 3.65. The number of H-pyrrole nitrogens is 1. The van der Waals surface area contributed by atoms with E-state index in [0.717, 1.165) is 36.0 Å². The van der Waals surface area contributed by atoms with Gasteiger partial charge in [-0.05, 0) is 31.4 Å². The molecule has 0 saturated carbocycles. The van der Waals surface area contributed by atoms with E-state index in [1.54, 1.807) is 4.57 Å². The maximum absolute atomic E-state index is 12.5. The lowest BCUT2D eigenvalue weighted by Gasteiger charge is -2.14. The third-order valence-electron chi connectivity index (χ3n) is 4.50. The van der Waals surface area contributed by atoms with Crippen LogP contribution in [0.1, 0.15) is 50.4 Å². The minimum atomic E-state index is -0.152. The summed E-state index contributed by atoms with van der Waals surface area (Å²) >= 11 is 0. The number of imidazole rings is 1. The Labute approximate surface area is 141 Å². The van der Waals surface area contributed by atoms with E-state index >= 15 is 0 Å². The number of nitrogens with one attached hydrogen (secondary N) is 1. The number of pyridine rings is 1. The number of aromatic nitrogens is 3. The monoisotopic (exact) mass is 324 g/mol. The highest BCUT2D eigenvalue weighted by molar-refractivity contribution is 5.85. The summed E-state index contributed by atoms with van der Waals surface area (Å²) in [4.78, 5) is 19.8. The van der Waals surface area contributed by atoms with Gasteiger partial charge in [0.25, 0.3) is 0 Å². The number of hydrogen-bond acceptors (Lipinski definition) is 3. The van der Waals surface area contributed by atoms with Crippen LogP contribution in [0.4, 0.5) is 5.82 Å². The molecular weight excluding hydrogens is 300 g/mol. The molecule has 0 aliphatic rings. The Hall–Kier alpha value is -2.56. The van der Waals surface area contributed by atoms with Crippen molar-refractivity contribution < 1.29 is 0 Å². The van der Waals surface area contributed by atoms with Crippen LogP contribution in [0.25, 0.3) is 11.0 Å². The lowest BCUT2D eigenvalue weighted by Crippen LogP contribution is -2.21. The van der Waals surface area contributed by atoms with Gasteiger partial charge in [0.05, 0.1) is 11.6 Å². The third kappa shape index (κ3) is 3.07. The van der Waals surface area contributed by atoms with Crippen LogP contribution in [0.15, 0.2) is 41.2 Å². The fourth-order valence-electron chi connectivity index (χ4n) is 3.15. The summed E-state index contributed by atoms with van der Waals surface area (Å²) in [5.74, 6) is 0.398. The number of anilines is 1. The summed E-state index contributed by atoms with van der Waals surface area (Å²) < 4.78 is 1.77. The SMILES string of the molecule is CCCCCc1cc2c([nH]c(=O)n2[C@@H](C)c2ccccc2)c(N)n1. The minimum Gasteiger partial charge on any atom is -0.382 e. The quantitative estimate of drug-likeness (QED) is 0.679. The van der Waals surface area contributed by atoms with Crippen LogP contribution in [0.5, 0.6) is 0 Å². The number of hydrogen-bond donors (Lipinski definition) is 2. The van der Waals surface area contributed by atoms with Crippen molar-refractivity contribution in [2.75, 3.05) is 5.73 Å². The summed E-state index contributed by atoms with van der Waals surface area (Å²) in [7, 11) is 0. The number of rotatable bonds is 6. The molecule has 0 aliphatic heterocycles. The first-order chi connectivity index (χ1) is 11.6. The number of aromatic amines is 1. The Balaban J connectivity index is 2.07. The maximum atomic E-state index is 12.5. The zero-order chi connectivity index (χ0) is 17.1. The number of nitrogen functional groups attached to an aromatic ring is 1. The van der Waals surface area contributed by atoms with Crippen molar-refractivity contribution in [2.24, 2.45) is 0 Å². The largest absolute Gasteiger partial charge is 0.382 e. The lowest BCUT2D eigenvalue weighted by atomic mass is 10.1. The molecule has 3 aromatic rings. The van der Waals surface area contributed by atoms with E-state index in [1.807, 2.05) is 43.3 Å². The molecule has 0 unspecified atom stereocenters. The minimum absolute atomic E-state index is 0.0715. The van der Waals surface area contributed by atoms with Crippen molar-refractivity contribution in [3.8, 4) is 0 Å². The molecule has 5 heteroatoms. The third-order valence-corrected chi connectivity index (χ3v) is 4.50. The van der Waals surface area contributed by atoms with E-state index in [2.05, 4.69) is 16.9 Å². The van der Waals surface area contributed by atoms with Crippen molar-refractivity contribution in [3.63, 3.8) is 0 Å². The number of aryl methyl sites for hydroxylation is 1. The zero-order valence-corrected chi connectivity index (χ0v) is 14.2. The molecule has 1 aromatic carbocycles. The molecule has 24 heavy (non-hydrogen) atoms. The van der Waals surface area contributed by atoms with Gasteiger partial charge in [-0.25, -0.2) is 9.78 Å². The lowest BCUT2D eigenvalue weighted by molar-refractivity contribution is 0.635. The van der Waals surface area contributed by atoms with E-state index in [9.17, 15) is 4.79 Å². The Bertz CT molecular complexity index is 880.